The highest BCUT2D eigenvalue weighted by atomic mass is 127. The van der Waals surface area contributed by atoms with Crippen LogP contribution < -0.4 is 5.32 Å². The van der Waals surface area contributed by atoms with Crippen molar-refractivity contribution in [1.29, 1.82) is 0 Å². The number of anilines is 1. The first-order valence-electron chi connectivity index (χ1n) is 6.01. The van der Waals surface area contributed by atoms with E-state index in [9.17, 15) is 0 Å². The third-order valence-electron chi connectivity index (χ3n) is 3.21. The van der Waals surface area contributed by atoms with E-state index in [1.165, 1.54) is 14.8 Å². The van der Waals surface area contributed by atoms with Crippen molar-refractivity contribution in [3.8, 4) is 0 Å². The molecule has 0 aliphatic rings. The highest BCUT2D eigenvalue weighted by molar-refractivity contribution is 14.1. The molecule has 0 aliphatic heterocycles. The Hall–Kier alpha value is -1.04. The van der Waals surface area contributed by atoms with Gasteiger partial charge in [-0.1, -0.05) is 6.07 Å². The fourth-order valence-electron chi connectivity index (χ4n) is 2.32. The molecule has 4 heteroatoms. The molecule has 0 fully saturated rings. The van der Waals surface area contributed by atoms with Crippen molar-refractivity contribution >= 4 is 28.3 Å². The second-order valence-corrected chi connectivity index (χ2v) is 5.83. The summed E-state index contributed by atoms with van der Waals surface area (Å²) in [5, 5.41) is 8.00. The lowest BCUT2D eigenvalue weighted by Gasteiger charge is -2.16. The Bertz CT molecular complexity index is 560. The normalized spacial score (nSPS) is 12.5. The van der Waals surface area contributed by atoms with E-state index in [0.29, 0.717) is 0 Å². The fraction of sp³-hybridized carbons (Fsp3) is 0.357. The molecule has 1 aromatic heterocycles. The van der Waals surface area contributed by atoms with Crippen molar-refractivity contribution in [2.24, 2.45) is 7.05 Å². The summed E-state index contributed by atoms with van der Waals surface area (Å²) < 4.78 is 3.18. The molecule has 3 nitrogen and oxygen atoms in total. The first-order valence-corrected chi connectivity index (χ1v) is 7.09. The average molecular weight is 355 g/mol. The minimum atomic E-state index is 0.261. The summed E-state index contributed by atoms with van der Waals surface area (Å²) in [5.41, 5.74) is 4.76. The Morgan fingerprint density at radius 1 is 1.33 bits per heavy atom. The number of benzene rings is 1. The van der Waals surface area contributed by atoms with Crippen LogP contribution in [0.2, 0.25) is 0 Å². The number of aromatic nitrogens is 2. The molecule has 1 atom stereocenters. The van der Waals surface area contributed by atoms with Gasteiger partial charge in [-0.25, -0.2) is 0 Å². The molecule has 1 N–H and O–H groups in total. The fourth-order valence-corrected chi connectivity index (χ4v) is 2.86. The summed E-state index contributed by atoms with van der Waals surface area (Å²) >= 11 is 2.33. The predicted octanol–water partition coefficient (Wildman–Crippen LogP) is 3.81. The van der Waals surface area contributed by atoms with E-state index in [2.05, 4.69) is 78.0 Å². The largest absolute Gasteiger partial charge is 0.378 e. The second-order valence-electron chi connectivity index (χ2n) is 4.58. The topological polar surface area (TPSA) is 29.9 Å². The number of nitrogens with zero attached hydrogens (tertiary/aromatic N) is 2. The maximum Gasteiger partial charge on any atom is 0.0649 e. The van der Waals surface area contributed by atoms with Crippen LogP contribution in [-0.4, -0.2) is 9.78 Å². The molecule has 0 radical (unpaired) electrons. The predicted molar refractivity (Wildman–Crippen MR) is 83.9 cm³/mol. The molecule has 0 bridgehead atoms. The van der Waals surface area contributed by atoms with Crippen molar-refractivity contribution in [2.45, 2.75) is 26.8 Å². The monoisotopic (exact) mass is 355 g/mol. The first kappa shape index (κ1) is 13.4. The van der Waals surface area contributed by atoms with Crippen molar-refractivity contribution in [1.82, 2.24) is 9.78 Å². The third-order valence-corrected chi connectivity index (χ3v) is 3.88. The molecular formula is C14H18IN3. The van der Waals surface area contributed by atoms with Gasteiger partial charge in [-0.15, -0.1) is 0 Å². The molecule has 96 valence electrons. The zero-order valence-electron chi connectivity index (χ0n) is 11.2. The highest BCUT2D eigenvalue weighted by Crippen LogP contribution is 2.25. The minimum Gasteiger partial charge on any atom is -0.378 e. The van der Waals surface area contributed by atoms with Gasteiger partial charge in [0.15, 0.2) is 0 Å². The van der Waals surface area contributed by atoms with Gasteiger partial charge >= 0.3 is 0 Å². The van der Waals surface area contributed by atoms with Crippen LogP contribution >= 0.6 is 22.6 Å². The van der Waals surface area contributed by atoms with Crippen LogP contribution in [0.15, 0.2) is 24.3 Å². The summed E-state index contributed by atoms with van der Waals surface area (Å²) in [5.74, 6) is 0. The zero-order valence-corrected chi connectivity index (χ0v) is 13.3. The quantitative estimate of drug-likeness (QED) is 0.849. The first-order chi connectivity index (χ1) is 8.49. The maximum absolute atomic E-state index is 4.47. The zero-order chi connectivity index (χ0) is 13.3. The molecule has 0 saturated heterocycles. The second kappa shape index (κ2) is 5.30. The number of aryl methyl sites for hydroxylation is 2. The summed E-state index contributed by atoms with van der Waals surface area (Å²) in [4.78, 5) is 0. The molecule has 0 saturated carbocycles. The highest BCUT2D eigenvalue weighted by Gasteiger charge is 2.15. The Kier molecular flexibility index (Phi) is 3.94. The molecule has 1 unspecified atom stereocenters. The van der Waals surface area contributed by atoms with Gasteiger partial charge in [0.2, 0.25) is 0 Å². The van der Waals surface area contributed by atoms with E-state index >= 15 is 0 Å². The lowest BCUT2D eigenvalue weighted by Crippen LogP contribution is -2.09. The van der Waals surface area contributed by atoms with Gasteiger partial charge in [0.05, 0.1) is 11.7 Å². The van der Waals surface area contributed by atoms with Gasteiger partial charge < -0.3 is 5.32 Å². The average Bonchev–Trinajstić information content (AvgIpc) is 2.53. The molecule has 2 rings (SSSR count). The Morgan fingerprint density at radius 2 is 2.06 bits per heavy atom. The van der Waals surface area contributed by atoms with Crippen LogP contribution in [0.5, 0.6) is 0 Å². The molecule has 1 aromatic carbocycles. The van der Waals surface area contributed by atoms with Crippen LogP contribution in [0, 0.1) is 17.4 Å². The third kappa shape index (κ3) is 2.68. The number of nitrogens with one attached hydrogen (secondary N) is 1. The smallest absolute Gasteiger partial charge is 0.0649 e. The maximum atomic E-state index is 4.47. The van der Waals surface area contributed by atoms with Crippen molar-refractivity contribution < 1.29 is 0 Å². The van der Waals surface area contributed by atoms with Gasteiger partial charge in [-0.2, -0.15) is 5.10 Å². The minimum absolute atomic E-state index is 0.261. The molecule has 1 heterocycles. The van der Waals surface area contributed by atoms with Crippen molar-refractivity contribution in [2.75, 3.05) is 5.32 Å². The summed E-state index contributed by atoms with van der Waals surface area (Å²) in [6, 6.07) is 8.67. The van der Waals surface area contributed by atoms with E-state index in [4.69, 9.17) is 0 Å². The van der Waals surface area contributed by atoms with E-state index in [0.717, 1.165) is 11.4 Å². The molecule has 0 amide bonds. The van der Waals surface area contributed by atoms with Gasteiger partial charge in [-0.05, 0) is 61.6 Å². The molecule has 18 heavy (non-hydrogen) atoms. The van der Waals surface area contributed by atoms with Crippen LogP contribution in [0.3, 0.4) is 0 Å². The van der Waals surface area contributed by atoms with E-state index in [1.54, 1.807) is 0 Å². The van der Waals surface area contributed by atoms with Crippen molar-refractivity contribution in [3.05, 3.63) is 44.8 Å². The number of hydrogen-bond acceptors (Lipinski definition) is 2. The SMILES string of the molecule is Cc1nn(C)c(C)c1C(C)Nc1cccc(I)c1. The Morgan fingerprint density at radius 3 is 2.61 bits per heavy atom. The number of hydrogen-bond donors (Lipinski definition) is 1. The number of halogens is 1. The van der Waals surface area contributed by atoms with Crippen molar-refractivity contribution in [3.63, 3.8) is 0 Å². The van der Waals surface area contributed by atoms with Crippen LogP contribution in [0.4, 0.5) is 5.69 Å². The van der Waals surface area contributed by atoms with E-state index in [-0.39, 0.29) is 6.04 Å². The van der Waals surface area contributed by atoms with Crippen LogP contribution in [-0.2, 0) is 7.05 Å². The van der Waals surface area contributed by atoms with Crippen LogP contribution in [0.1, 0.15) is 29.9 Å². The molecular weight excluding hydrogens is 337 g/mol. The number of rotatable bonds is 3. The van der Waals surface area contributed by atoms with E-state index < -0.39 is 0 Å². The van der Waals surface area contributed by atoms with E-state index in [1.807, 2.05) is 11.7 Å². The van der Waals surface area contributed by atoms with Gasteiger partial charge in [0.1, 0.15) is 0 Å². The van der Waals surface area contributed by atoms with Gasteiger partial charge in [0.25, 0.3) is 0 Å². The molecule has 0 aliphatic carbocycles. The summed E-state index contributed by atoms with van der Waals surface area (Å²) in [6.45, 7) is 6.36. The lowest BCUT2D eigenvalue weighted by atomic mass is 10.1. The van der Waals surface area contributed by atoms with Gasteiger partial charge in [0, 0.05) is 27.6 Å². The summed E-state index contributed by atoms with van der Waals surface area (Å²) in [6.07, 6.45) is 0. The molecule has 0 spiro atoms. The lowest BCUT2D eigenvalue weighted by molar-refractivity contribution is 0.728. The van der Waals surface area contributed by atoms with Gasteiger partial charge in [-0.3, -0.25) is 4.68 Å². The summed E-state index contributed by atoms with van der Waals surface area (Å²) in [7, 11) is 1.99. The Labute approximate surface area is 122 Å². The standard InChI is InChI=1S/C14H18IN3/c1-9(14-10(2)17-18(4)11(14)3)16-13-7-5-6-12(15)8-13/h5-9,16H,1-4H3. The molecule has 2 aromatic rings. The van der Waals surface area contributed by atoms with Crippen LogP contribution in [0.25, 0.3) is 0 Å². The Balaban J connectivity index is 2.24.